The molecule has 0 rings (SSSR count). The van der Waals surface area contributed by atoms with Gasteiger partial charge in [0.05, 0.1) is 12.1 Å². The third-order valence-corrected chi connectivity index (χ3v) is 2.46. The second-order valence-corrected chi connectivity index (χ2v) is 4.93. The molecule has 2 unspecified atom stereocenters. The van der Waals surface area contributed by atoms with Gasteiger partial charge in [-0.15, -0.1) is 0 Å². The fourth-order valence-electron chi connectivity index (χ4n) is 1.15. The maximum absolute atomic E-state index is 11.6. The molecule has 0 heterocycles. The molecule has 3 N–H and O–H groups in total. The summed E-state index contributed by atoms with van der Waals surface area (Å²) in [4.78, 5) is 11.6. The second kappa shape index (κ2) is 5.47. The Morgan fingerprint density at radius 1 is 1.20 bits per heavy atom. The fourth-order valence-corrected chi connectivity index (χ4v) is 1.15. The summed E-state index contributed by atoms with van der Waals surface area (Å²) in [6.45, 7) is 11.1. The van der Waals surface area contributed by atoms with Gasteiger partial charge in [-0.05, 0) is 41.5 Å². The number of hydrogen-bond donors (Lipinski definition) is 3. The lowest BCUT2D eigenvalue weighted by atomic mass is 9.97. The molecule has 4 heteroatoms. The van der Waals surface area contributed by atoms with Gasteiger partial charge in [0.2, 0.25) is 5.91 Å². The number of rotatable bonds is 5. The van der Waals surface area contributed by atoms with E-state index in [-0.39, 0.29) is 18.0 Å². The number of aliphatic hydroxyl groups excluding tert-OH is 1. The van der Waals surface area contributed by atoms with Crippen LogP contribution in [0.5, 0.6) is 0 Å². The Morgan fingerprint density at radius 2 is 1.67 bits per heavy atom. The molecule has 2 atom stereocenters. The van der Waals surface area contributed by atoms with E-state index in [1.54, 1.807) is 13.8 Å². The van der Waals surface area contributed by atoms with E-state index < -0.39 is 11.6 Å². The van der Waals surface area contributed by atoms with E-state index >= 15 is 0 Å². The molecular formula is C11H24N2O2. The van der Waals surface area contributed by atoms with Gasteiger partial charge in [0.25, 0.3) is 0 Å². The quantitative estimate of drug-likeness (QED) is 0.632. The van der Waals surface area contributed by atoms with Gasteiger partial charge in [0, 0.05) is 11.6 Å². The van der Waals surface area contributed by atoms with Crippen molar-refractivity contribution in [2.75, 3.05) is 0 Å². The van der Waals surface area contributed by atoms with E-state index in [1.165, 1.54) is 0 Å². The Bertz CT molecular complexity index is 213. The van der Waals surface area contributed by atoms with Gasteiger partial charge in [-0.1, -0.05) is 0 Å². The monoisotopic (exact) mass is 216 g/mol. The predicted molar refractivity (Wildman–Crippen MR) is 61.6 cm³/mol. The van der Waals surface area contributed by atoms with Crippen LogP contribution in [-0.4, -0.2) is 34.7 Å². The van der Waals surface area contributed by atoms with Crippen LogP contribution >= 0.6 is 0 Å². The zero-order valence-corrected chi connectivity index (χ0v) is 10.6. The highest BCUT2D eigenvalue weighted by Crippen LogP contribution is 2.09. The zero-order valence-electron chi connectivity index (χ0n) is 10.6. The molecule has 0 aromatic heterocycles. The van der Waals surface area contributed by atoms with E-state index in [4.69, 9.17) is 0 Å². The minimum absolute atomic E-state index is 0.0428. The molecule has 0 saturated heterocycles. The van der Waals surface area contributed by atoms with Crippen molar-refractivity contribution < 1.29 is 9.90 Å². The molecule has 1 amide bonds. The van der Waals surface area contributed by atoms with Gasteiger partial charge in [0.15, 0.2) is 0 Å². The Balaban J connectivity index is 4.24. The van der Waals surface area contributed by atoms with Crippen LogP contribution < -0.4 is 10.6 Å². The number of nitrogens with one attached hydrogen (secondary N) is 2. The molecule has 90 valence electrons. The molecule has 0 aliphatic heterocycles. The average Bonchev–Trinajstić information content (AvgIpc) is 2.01. The Labute approximate surface area is 92.4 Å². The van der Waals surface area contributed by atoms with E-state index in [1.807, 2.05) is 27.7 Å². The van der Waals surface area contributed by atoms with Crippen molar-refractivity contribution in [3.05, 3.63) is 0 Å². The molecule has 0 bridgehead atoms. The first-order chi connectivity index (χ1) is 6.66. The summed E-state index contributed by atoms with van der Waals surface area (Å²) in [5.41, 5.74) is -0.465. The number of carbonyl (C=O) groups excluding carboxylic acids is 1. The van der Waals surface area contributed by atoms with Crippen LogP contribution in [0.25, 0.3) is 0 Å². The minimum atomic E-state index is -0.508. The van der Waals surface area contributed by atoms with E-state index in [0.717, 1.165) is 0 Å². The summed E-state index contributed by atoms with van der Waals surface area (Å²) in [7, 11) is 0. The molecule has 0 aromatic carbocycles. The van der Waals surface area contributed by atoms with Crippen molar-refractivity contribution in [3.63, 3.8) is 0 Å². The van der Waals surface area contributed by atoms with Crippen molar-refractivity contribution in [2.24, 2.45) is 0 Å². The van der Waals surface area contributed by atoms with E-state index in [2.05, 4.69) is 10.6 Å². The van der Waals surface area contributed by atoms with Gasteiger partial charge < -0.3 is 10.4 Å². The van der Waals surface area contributed by atoms with Crippen molar-refractivity contribution in [2.45, 2.75) is 65.3 Å². The summed E-state index contributed by atoms with van der Waals surface area (Å²) in [6, 6.07) is -0.173. The van der Waals surface area contributed by atoms with Crippen LogP contribution in [0.3, 0.4) is 0 Å². The van der Waals surface area contributed by atoms with E-state index in [0.29, 0.717) is 0 Å². The molecule has 0 aliphatic rings. The second-order valence-electron chi connectivity index (χ2n) is 4.93. The van der Waals surface area contributed by atoms with Crippen LogP contribution in [0.1, 0.15) is 41.5 Å². The Hall–Kier alpha value is -0.610. The highest BCUT2D eigenvalue weighted by atomic mass is 16.3. The van der Waals surface area contributed by atoms with Crippen molar-refractivity contribution in [1.29, 1.82) is 0 Å². The molecule has 0 aliphatic carbocycles. The molecule has 0 saturated carbocycles. The minimum Gasteiger partial charge on any atom is -0.392 e. The van der Waals surface area contributed by atoms with Gasteiger partial charge in [0.1, 0.15) is 0 Å². The van der Waals surface area contributed by atoms with Crippen molar-refractivity contribution >= 4 is 5.91 Å². The maximum atomic E-state index is 11.6. The van der Waals surface area contributed by atoms with Gasteiger partial charge in [-0.2, -0.15) is 0 Å². The normalized spacial score (nSPS) is 16.3. The smallest absolute Gasteiger partial charge is 0.237 e. The fraction of sp³-hybridized carbons (Fsp3) is 0.909. The third-order valence-electron chi connectivity index (χ3n) is 2.46. The van der Waals surface area contributed by atoms with Crippen LogP contribution in [0.4, 0.5) is 0 Å². The summed E-state index contributed by atoms with van der Waals surface area (Å²) in [5.74, 6) is -0.0428. The van der Waals surface area contributed by atoms with E-state index in [9.17, 15) is 9.90 Å². The lowest BCUT2D eigenvalue weighted by molar-refractivity contribution is -0.124. The van der Waals surface area contributed by atoms with Crippen LogP contribution in [0.15, 0.2) is 0 Å². The SMILES string of the molecule is CC(C)NC(=O)C(C)NC(C)(C)C(C)O. The summed E-state index contributed by atoms with van der Waals surface area (Å²) in [6.07, 6.45) is -0.508. The highest BCUT2D eigenvalue weighted by molar-refractivity contribution is 5.81. The van der Waals surface area contributed by atoms with Crippen molar-refractivity contribution in [1.82, 2.24) is 10.6 Å². The molecule has 15 heavy (non-hydrogen) atoms. The predicted octanol–water partition coefficient (Wildman–Crippen LogP) is 0.648. The largest absolute Gasteiger partial charge is 0.392 e. The van der Waals surface area contributed by atoms with Crippen LogP contribution in [0, 0.1) is 0 Å². The molecule has 0 fully saturated rings. The van der Waals surface area contributed by atoms with Crippen molar-refractivity contribution in [3.8, 4) is 0 Å². The Kier molecular flexibility index (Phi) is 5.24. The standard InChI is InChI=1S/C11H24N2O2/c1-7(2)12-10(15)8(3)13-11(5,6)9(4)14/h7-9,13-14H,1-6H3,(H,12,15). The van der Waals surface area contributed by atoms with Gasteiger partial charge in [-0.3, -0.25) is 10.1 Å². The first-order valence-corrected chi connectivity index (χ1v) is 5.43. The number of carbonyl (C=O) groups is 1. The molecule has 0 radical (unpaired) electrons. The van der Waals surface area contributed by atoms with Gasteiger partial charge in [-0.25, -0.2) is 0 Å². The van der Waals surface area contributed by atoms with Crippen LogP contribution in [0.2, 0.25) is 0 Å². The number of hydrogen-bond acceptors (Lipinski definition) is 3. The average molecular weight is 216 g/mol. The first kappa shape index (κ1) is 14.4. The third kappa shape index (κ3) is 5.14. The zero-order chi connectivity index (χ0) is 12.2. The lowest BCUT2D eigenvalue weighted by Gasteiger charge is -2.32. The topological polar surface area (TPSA) is 61.4 Å². The summed E-state index contributed by atoms with van der Waals surface area (Å²) < 4.78 is 0. The summed E-state index contributed by atoms with van der Waals surface area (Å²) in [5, 5.41) is 15.4. The molecule has 0 aromatic rings. The first-order valence-electron chi connectivity index (χ1n) is 5.43. The maximum Gasteiger partial charge on any atom is 0.237 e. The highest BCUT2D eigenvalue weighted by Gasteiger charge is 2.28. The lowest BCUT2D eigenvalue weighted by Crippen LogP contribution is -2.56. The molecule has 0 spiro atoms. The van der Waals surface area contributed by atoms with Crippen LogP contribution in [-0.2, 0) is 4.79 Å². The van der Waals surface area contributed by atoms with Gasteiger partial charge >= 0.3 is 0 Å². The number of amides is 1. The number of aliphatic hydroxyl groups is 1. The molecular weight excluding hydrogens is 192 g/mol. The summed E-state index contributed by atoms with van der Waals surface area (Å²) >= 11 is 0. The Morgan fingerprint density at radius 3 is 2.00 bits per heavy atom. The molecule has 4 nitrogen and oxygen atoms in total.